The van der Waals surface area contributed by atoms with Crippen molar-refractivity contribution in [2.75, 3.05) is 0 Å². The number of aromatic nitrogens is 1. The van der Waals surface area contributed by atoms with Gasteiger partial charge in [-0.2, -0.15) is 0 Å². The number of carbonyl (C=O) groups excluding carboxylic acids is 1. The topological polar surface area (TPSA) is 100 Å². The fourth-order valence-corrected chi connectivity index (χ4v) is 2.13. The number of hydrogen-bond acceptors (Lipinski definition) is 5. The Kier molecular flexibility index (Phi) is 4.99. The zero-order valence-electron chi connectivity index (χ0n) is 13.1. The van der Waals surface area contributed by atoms with Crippen LogP contribution in [0.25, 0.3) is 16.5 Å². The Morgan fingerprint density at radius 2 is 2.08 bits per heavy atom. The second-order valence-electron chi connectivity index (χ2n) is 5.09. The third kappa shape index (κ3) is 4.19. The lowest BCUT2D eigenvalue weighted by Gasteiger charge is -1.96. The molecular formula is C18H13N5O2. The number of esters is 1. The van der Waals surface area contributed by atoms with E-state index >= 15 is 0 Å². The number of allylic oxidation sites excluding steroid dienone is 2. The smallest absolute Gasteiger partial charge is 0.363 e. The summed E-state index contributed by atoms with van der Waals surface area (Å²) in [6.45, 7) is 0.322. The molecule has 0 fully saturated rings. The standard InChI is InChI=1S/C18H13N5O2/c19-23-21-11-14-8-6-13(7-9-14)3-1-5-16-18(24)25-17(22-16)15-4-2-10-20-12-15/h1-10,12H,11H2. The van der Waals surface area contributed by atoms with E-state index < -0.39 is 5.97 Å². The molecule has 1 aromatic carbocycles. The summed E-state index contributed by atoms with van der Waals surface area (Å²) in [5, 5.41) is 3.51. The number of pyridine rings is 1. The van der Waals surface area contributed by atoms with Crippen LogP contribution in [0.3, 0.4) is 0 Å². The minimum Gasteiger partial charge on any atom is -0.402 e. The summed E-state index contributed by atoms with van der Waals surface area (Å²) >= 11 is 0. The van der Waals surface area contributed by atoms with Crippen molar-refractivity contribution in [3.05, 3.63) is 93.8 Å². The minimum absolute atomic E-state index is 0.232. The van der Waals surface area contributed by atoms with Crippen LogP contribution in [0.2, 0.25) is 0 Å². The Bertz CT molecular complexity index is 908. The van der Waals surface area contributed by atoms with Crippen molar-refractivity contribution in [1.82, 2.24) is 4.98 Å². The number of carbonyl (C=O) groups is 1. The third-order valence-electron chi connectivity index (χ3n) is 3.37. The normalized spacial score (nSPS) is 15.1. The van der Waals surface area contributed by atoms with Gasteiger partial charge in [0.05, 0.1) is 12.1 Å². The molecule has 0 amide bonds. The number of cyclic esters (lactones) is 1. The van der Waals surface area contributed by atoms with Crippen LogP contribution in [0.15, 0.2) is 76.7 Å². The monoisotopic (exact) mass is 331 g/mol. The first-order valence-electron chi connectivity index (χ1n) is 7.46. The molecular weight excluding hydrogens is 318 g/mol. The summed E-state index contributed by atoms with van der Waals surface area (Å²) in [7, 11) is 0. The second-order valence-corrected chi connectivity index (χ2v) is 5.09. The van der Waals surface area contributed by atoms with Crippen LogP contribution in [-0.2, 0) is 16.1 Å². The molecule has 0 N–H and O–H groups in total. The van der Waals surface area contributed by atoms with Gasteiger partial charge >= 0.3 is 5.97 Å². The number of aliphatic imine (C=N–C) groups is 1. The number of nitrogens with zero attached hydrogens (tertiary/aromatic N) is 5. The van der Waals surface area contributed by atoms with Crippen molar-refractivity contribution in [3.63, 3.8) is 0 Å². The highest BCUT2D eigenvalue weighted by Gasteiger charge is 2.23. The molecule has 2 heterocycles. The highest BCUT2D eigenvalue weighted by molar-refractivity contribution is 6.11. The van der Waals surface area contributed by atoms with E-state index in [2.05, 4.69) is 20.0 Å². The Balaban J connectivity index is 1.70. The lowest BCUT2D eigenvalue weighted by molar-refractivity contribution is -0.130. The van der Waals surface area contributed by atoms with Crippen molar-refractivity contribution in [2.24, 2.45) is 10.1 Å². The summed E-state index contributed by atoms with van der Waals surface area (Å²) in [5.74, 6) is -0.242. The molecule has 0 saturated carbocycles. The van der Waals surface area contributed by atoms with Crippen LogP contribution in [0.1, 0.15) is 16.7 Å². The molecule has 0 radical (unpaired) electrons. The quantitative estimate of drug-likeness (QED) is 0.274. The van der Waals surface area contributed by atoms with Crippen molar-refractivity contribution in [3.8, 4) is 0 Å². The Morgan fingerprint density at radius 3 is 2.80 bits per heavy atom. The first-order chi connectivity index (χ1) is 12.3. The van der Waals surface area contributed by atoms with E-state index in [9.17, 15) is 4.79 Å². The van der Waals surface area contributed by atoms with E-state index in [1.54, 1.807) is 36.7 Å². The van der Waals surface area contributed by atoms with Crippen LogP contribution in [0, 0.1) is 0 Å². The molecule has 0 unspecified atom stereocenters. The molecule has 0 aliphatic carbocycles. The molecule has 1 aliphatic heterocycles. The third-order valence-corrected chi connectivity index (χ3v) is 3.37. The first kappa shape index (κ1) is 16.2. The average Bonchev–Trinajstić information content (AvgIpc) is 3.03. The predicted molar refractivity (Wildman–Crippen MR) is 93.3 cm³/mol. The van der Waals surface area contributed by atoms with Crippen molar-refractivity contribution in [1.29, 1.82) is 0 Å². The SMILES string of the molecule is [N-]=[N+]=NCc1ccc(C=CC=C2N=C(c3cccnc3)OC2=O)cc1. The van der Waals surface area contributed by atoms with Crippen LogP contribution in [-0.4, -0.2) is 16.9 Å². The summed E-state index contributed by atoms with van der Waals surface area (Å²) in [4.78, 5) is 22.7. The molecule has 25 heavy (non-hydrogen) atoms. The maximum atomic E-state index is 11.8. The molecule has 2 aromatic rings. The predicted octanol–water partition coefficient (Wildman–Crippen LogP) is 3.79. The van der Waals surface area contributed by atoms with Gasteiger partial charge in [0.1, 0.15) is 0 Å². The first-order valence-corrected chi connectivity index (χ1v) is 7.46. The highest BCUT2D eigenvalue weighted by atomic mass is 16.6. The average molecular weight is 331 g/mol. The van der Waals surface area contributed by atoms with Gasteiger partial charge in [-0.3, -0.25) is 4.98 Å². The molecule has 122 valence electrons. The van der Waals surface area contributed by atoms with Crippen LogP contribution >= 0.6 is 0 Å². The summed E-state index contributed by atoms with van der Waals surface area (Å²) in [6.07, 6.45) is 8.39. The van der Waals surface area contributed by atoms with Crippen LogP contribution in [0.4, 0.5) is 0 Å². The van der Waals surface area contributed by atoms with Gasteiger partial charge in [0, 0.05) is 17.3 Å². The van der Waals surface area contributed by atoms with Crippen molar-refractivity contribution < 1.29 is 9.53 Å². The zero-order chi connectivity index (χ0) is 17.5. The number of benzene rings is 1. The molecule has 0 atom stereocenters. The number of rotatable bonds is 5. The summed E-state index contributed by atoms with van der Waals surface area (Å²) < 4.78 is 5.15. The number of hydrogen-bond donors (Lipinski definition) is 0. The van der Waals surface area contributed by atoms with E-state index in [1.165, 1.54) is 0 Å². The molecule has 0 bridgehead atoms. The van der Waals surface area contributed by atoms with E-state index in [0.717, 1.165) is 11.1 Å². The number of azide groups is 1. The van der Waals surface area contributed by atoms with Gasteiger partial charge in [-0.05, 0) is 34.9 Å². The largest absolute Gasteiger partial charge is 0.402 e. The second kappa shape index (κ2) is 7.72. The van der Waals surface area contributed by atoms with Gasteiger partial charge in [-0.15, -0.1) is 0 Å². The molecule has 0 saturated heterocycles. The van der Waals surface area contributed by atoms with Gasteiger partial charge in [0.15, 0.2) is 5.70 Å². The zero-order valence-corrected chi connectivity index (χ0v) is 13.1. The Hall–Kier alpha value is -3.70. The van der Waals surface area contributed by atoms with Gasteiger partial charge < -0.3 is 4.74 Å². The lowest BCUT2D eigenvalue weighted by Crippen LogP contribution is -2.05. The lowest BCUT2D eigenvalue weighted by atomic mass is 10.1. The number of ether oxygens (including phenoxy) is 1. The van der Waals surface area contributed by atoms with Gasteiger partial charge in [0.25, 0.3) is 0 Å². The molecule has 3 rings (SSSR count). The Labute approximate surface area is 143 Å². The Morgan fingerprint density at radius 1 is 1.24 bits per heavy atom. The van der Waals surface area contributed by atoms with E-state index in [0.29, 0.717) is 12.1 Å². The molecule has 1 aliphatic rings. The molecule has 7 nitrogen and oxygen atoms in total. The van der Waals surface area contributed by atoms with Crippen molar-refractivity contribution >= 4 is 17.9 Å². The maximum Gasteiger partial charge on any atom is 0.363 e. The minimum atomic E-state index is -0.492. The molecule has 1 aromatic heterocycles. The molecule has 7 heteroatoms. The van der Waals surface area contributed by atoms with E-state index in [4.69, 9.17) is 10.3 Å². The van der Waals surface area contributed by atoms with Gasteiger partial charge in [-0.25, -0.2) is 9.79 Å². The van der Waals surface area contributed by atoms with Crippen LogP contribution in [0.5, 0.6) is 0 Å². The van der Waals surface area contributed by atoms with Crippen LogP contribution < -0.4 is 0 Å². The van der Waals surface area contributed by atoms with Gasteiger partial charge in [-0.1, -0.05) is 41.5 Å². The summed E-state index contributed by atoms with van der Waals surface area (Å²) in [5.41, 5.74) is 11.1. The molecule has 0 spiro atoms. The van der Waals surface area contributed by atoms with E-state index in [1.807, 2.05) is 30.3 Å². The highest BCUT2D eigenvalue weighted by Crippen LogP contribution is 2.16. The fraction of sp³-hybridized carbons (Fsp3) is 0.0556. The summed E-state index contributed by atoms with van der Waals surface area (Å²) in [6, 6.07) is 11.1. The van der Waals surface area contributed by atoms with Crippen molar-refractivity contribution in [2.45, 2.75) is 6.54 Å². The van der Waals surface area contributed by atoms with Gasteiger partial charge in [0.2, 0.25) is 5.90 Å². The van der Waals surface area contributed by atoms with E-state index in [-0.39, 0.29) is 11.6 Å². The maximum absolute atomic E-state index is 11.8. The fourth-order valence-electron chi connectivity index (χ4n) is 2.13.